The number of carbonyl (C=O) groups excluding carboxylic acids is 2. The SMILES string of the molecule is C=Cc1cc([C@@H](C)NC(=O)c2c(N)nc3cccnn23)n(-c2ccccc2)c(=O)c1C(=C)C#CCNC(=O)[C@H]1CCCO1. The lowest BCUT2D eigenvalue weighted by atomic mass is 9.99. The number of anilines is 1. The van der Waals surface area contributed by atoms with E-state index in [1.165, 1.54) is 15.3 Å². The van der Waals surface area contributed by atoms with Gasteiger partial charge in [-0.2, -0.15) is 5.10 Å². The zero-order valence-electron chi connectivity index (χ0n) is 23.7. The van der Waals surface area contributed by atoms with Crippen LogP contribution in [0.4, 0.5) is 5.82 Å². The van der Waals surface area contributed by atoms with Gasteiger partial charge < -0.3 is 21.1 Å². The number of carbonyl (C=O) groups is 2. The molecule has 5 rings (SSSR count). The van der Waals surface area contributed by atoms with Gasteiger partial charge in [0.2, 0.25) is 5.91 Å². The second kappa shape index (κ2) is 12.6. The maximum atomic E-state index is 14.1. The first-order chi connectivity index (χ1) is 20.8. The quantitative estimate of drug-likeness (QED) is 0.273. The average molecular weight is 578 g/mol. The summed E-state index contributed by atoms with van der Waals surface area (Å²) in [5.41, 5.74) is 8.29. The molecule has 0 aliphatic carbocycles. The van der Waals surface area contributed by atoms with Crippen LogP contribution in [0, 0.1) is 11.8 Å². The van der Waals surface area contributed by atoms with Crippen molar-refractivity contribution in [1.82, 2.24) is 29.8 Å². The van der Waals surface area contributed by atoms with Crippen LogP contribution in [0.2, 0.25) is 0 Å². The van der Waals surface area contributed by atoms with Gasteiger partial charge in [-0.3, -0.25) is 19.0 Å². The van der Waals surface area contributed by atoms with Gasteiger partial charge in [-0.25, -0.2) is 9.50 Å². The maximum Gasteiger partial charge on any atom is 0.274 e. The Balaban J connectivity index is 1.48. The topological polar surface area (TPSA) is 146 Å². The molecule has 1 aliphatic rings. The minimum atomic E-state index is -0.658. The van der Waals surface area contributed by atoms with E-state index in [0.29, 0.717) is 35.6 Å². The van der Waals surface area contributed by atoms with Crippen molar-refractivity contribution >= 4 is 34.9 Å². The highest BCUT2D eigenvalue weighted by Crippen LogP contribution is 2.24. The summed E-state index contributed by atoms with van der Waals surface area (Å²) < 4.78 is 8.27. The van der Waals surface area contributed by atoms with Crippen LogP contribution in [-0.2, 0) is 9.53 Å². The number of ether oxygens (including phenoxy) is 1. The van der Waals surface area contributed by atoms with Gasteiger partial charge in [-0.15, -0.1) is 0 Å². The number of para-hydroxylation sites is 1. The molecule has 4 heterocycles. The minimum Gasteiger partial charge on any atom is -0.382 e. The Morgan fingerprint density at radius 2 is 2.05 bits per heavy atom. The fraction of sp³-hybridized carbons (Fsp3) is 0.219. The third kappa shape index (κ3) is 5.95. The molecule has 4 N–H and O–H groups in total. The number of nitrogens with two attached hydrogens (primary N) is 1. The van der Waals surface area contributed by atoms with Crippen LogP contribution in [0.25, 0.3) is 23.0 Å². The lowest BCUT2D eigenvalue weighted by Gasteiger charge is -2.22. The van der Waals surface area contributed by atoms with E-state index in [1.54, 1.807) is 43.3 Å². The fourth-order valence-electron chi connectivity index (χ4n) is 4.98. The van der Waals surface area contributed by atoms with Gasteiger partial charge in [-0.1, -0.05) is 49.3 Å². The number of allylic oxidation sites excluding steroid dienone is 1. The average Bonchev–Trinajstić information content (AvgIpc) is 3.66. The van der Waals surface area contributed by atoms with Crippen molar-refractivity contribution in [2.24, 2.45) is 0 Å². The number of hydrogen-bond acceptors (Lipinski definition) is 7. The van der Waals surface area contributed by atoms with Crippen molar-refractivity contribution in [3.05, 3.63) is 101 Å². The van der Waals surface area contributed by atoms with Crippen LogP contribution in [0.1, 0.15) is 53.1 Å². The van der Waals surface area contributed by atoms with E-state index in [9.17, 15) is 14.4 Å². The Morgan fingerprint density at radius 3 is 2.77 bits per heavy atom. The number of pyridine rings is 1. The number of rotatable bonds is 8. The fourth-order valence-corrected chi connectivity index (χ4v) is 4.98. The van der Waals surface area contributed by atoms with Gasteiger partial charge in [0, 0.05) is 29.8 Å². The molecular formula is C32H31N7O4. The Labute approximate surface area is 248 Å². The van der Waals surface area contributed by atoms with Crippen molar-refractivity contribution in [2.75, 3.05) is 18.9 Å². The molecule has 0 unspecified atom stereocenters. The second-order valence-corrected chi connectivity index (χ2v) is 9.91. The molecule has 2 atom stereocenters. The molecule has 0 spiro atoms. The highest BCUT2D eigenvalue weighted by molar-refractivity contribution is 5.98. The van der Waals surface area contributed by atoms with Gasteiger partial charge in [-0.05, 0) is 55.7 Å². The third-order valence-electron chi connectivity index (χ3n) is 7.04. The van der Waals surface area contributed by atoms with Crippen molar-refractivity contribution in [1.29, 1.82) is 0 Å². The van der Waals surface area contributed by atoms with Crippen LogP contribution in [-0.4, -0.2) is 50.2 Å². The number of nitrogen functional groups attached to an aromatic ring is 1. The van der Waals surface area contributed by atoms with E-state index in [0.717, 1.165) is 6.42 Å². The molecular weight excluding hydrogens is 546 g/mol. The number of nitrogens with zero attached hydrogens (tertiary/aromatic N) is 4. The number of benzene rings is 1. The van der Waals surface area contributed by atoms with Gasteiger partial charge in [0.25, 0.3) is 11.5 Å². The summed E-state index contributed by atoms with van der Waals surface area (Å²) in [6.07, 6.45) is 4.16. The molecule has 1 aliphatic heterocycles. The summed E-state index contributed by atoms with van der Waals surface area (Å²) in [6.45, 7) is 10.4. The largest absolute Gasteiger partial charge is 0.382 e. The molecule has 11 heteroatoms. The molecule has 0 saturated carbocycles. The van der Waals surface area contributed by atoms with E-state index >= 15 is 0 Å². The first-order valence-corrected chi connectivity index (χ1v) is 13.8. The van der Waals surface area contributed by atoms with Crippen molar-refractivity contribution < 1.29 is 14.3 Å². The number of hydrogen-bond donors (Lipinski definition) is 3. The van der Waals surface area contributed by atoms with Crippen molar-refractivity contribution in [3.63, 3.8) is 0 Å². The molecule has 2 amide bonds. The van der Waals surface area contributed by atoms with E-state index in [-0.39, 0.29) is 35.1 Å². The zero-order chi connectivity index (χ0) is 30.5. The zero-order valence-corrected chi connectivity index (χ0v) is 23.7. The minimum absolute atomic E-state index is 0.0350. The van der Waals surface area contributed by atoms with Gasteiger partial charge in [0.1, 0.15) is 6.10 Å². The Kier molecular flexibility index (Phi) is 8.50. The Morgan fingerprint density at radius 1 is 1.26 bits per heavy atom. The van der Waals surface area contributed by atoms with Crippen LogP contribution < -0.4 is 21.9 Å². The summed E-state index contributed by atoms with van der Waals surface area (Å²) >= 11 is 0. The first-order valence-electron chi connectivity index (χ1n) is 13.8. The maximum absolute atomic E-state index is 14.1. The highest BCUT2D eigenvalue weighted by Gasteiger charge is 2.25. The lowest BCUT2D eigenvalue weighted by molar-refractivity contribution is -0.129. The van der Waals surface area contributed by atoms with E-state index in [2.05, 4.69) is 45.7 Å². The molecule has 1 fully saturated rings. The highest BCUT2D eigenvalue weighted by atomic mass is 16.5. The van der Waals surface area contributed by atoms with Crippen LogP contribution >= 0.6 is 0 Å². The van der Waals surface area contributed by atoms with Crippen LogP contribution in [0.3, 0.4) is 0 Å². The number of fused-ring (bicyclic) bond motifs is 1. The molecule has 43 heavy (non-hydrogen) atoms. The molecule has 4 aromatic rings. The number of amides is 2. The monoisotopic (exact) mass is 577 g/mol. The third-order valence-corrected chi connectivity index (χ3v) is 7.04. The predicted octanol–water partition coefficient (Wildman–Crippen LogP) is 2.91. The predicted molar refractivity (Wildman–Crippen MR) is 164 cm³/mol. The van der Waals surface area contributed by atoms with E-state index in [4.69, 9.17) is 10.5 Å². The molecule has 218 valence electrons. The summed E-state index contributed by atoms with van der Waals surface area (Å²) in [7, 11) is 0. The van der Waals surface area contributed by atoms with Crippen molar-refractivity contribution in [2.45, 2.75) is 31.9 Å². The second-order valence-electron chi connectivity index (χ2n) is 9.91. The standard InChI is InChI=1S/C32H31N7O4/c1-4-22-19-24(21(3)36-31(41)28-29(33)37-26-15-9-17-35-39(26)28)38(23-12-6-5-7-13-23)32(42)27(22)20(2)11-8-16-34-30(40)25-14-10-18-43-25/h4-7,9,12-13,15,17,19,21,25H,1-2,10,14,16,18,33H2,3H3,(H,34,40)(H,36,41)/t21-,25-/m1/s1. The Hall–Kier alpha value is -5.47. The van der Waals surface area contributed by atoms with Gasteiger partial charge >= 0.3 is 0 Å². The van der Waals surface area contributed by atoms with Gasteiger partial charge in [0.05, 0.1) is 18.2 Å². The molecule has 0 radical (unpaired) electrons. The van der Waals surface area contributed by atoms with Gasteiger partial charge in [0.15, 0.2) is 17.2 Å². The molecule has 0 bridgehead atoms. The van der Waals surface area contributed by atoms with Crippen molar-refractivity contribution in [3.8, 4) is 17.5 Å². The summed E-state index contributed by atoms with van der Waals surface area (Å²) in [6, 6.07) is 13.5. The number of nitrogens with one attached hydrogen (secondary N) is 2. The number of aromatic nitrogens is 4. The lowest BCUT2D eigenvalue weighted by Crippen LogP contribution is -2.34. The summed E-state index contributed by atoms with van der Waals surface area (Å²) in [5, 5.41) is 9.86. The Bertz CT molecular complexity index is 1840. The number of imidazole rings is 1. The van der Waals surface area contributed by atoms with Crippen LogP contribution in [0.5, 0.6) is 0 Å². The van der Waals surface area contributed by atoms with Crippen LogP contribution in [0.15, 0.2) is 72.7 Å². The summed E-state index contributed by atoms with van der Waals surface area (Å²) in [5.74, 6) is 5.09. The normalized spacial score (nSPS) is 14.9. The molecule has 1 saturated heterocycles. The molecule has 3 aromatic heterocycles. The summed E-state index contributed by atoms with van der Waals surface area (Å²) in [4.78, 5) is 43.9. The van der Waals surface area contributed by atoms with E-state index < -0.39 is 23.6 Å². The smallest absolute Gasteiger partial charge is 0.274 e. The molecule has 11 nitrogen and oxygen atoms in total. The first kappa shape index (κ1) is 29.0. The van der Waals surface area contributed by atoms with E-state index in [1.807, 2.05) is 18.2 Å². The molecule has 1 aromatic carbocycles.